The fourth-order valence-electron chi connectivity index (χ4n) is 19.3. The van der Waals surface area contributed by atoms with Crippen LogP contribution >= 0.6 is 7.53 Å². The van der Waals surface area contributed by atoms with Crippen molar-refractivity contribution in [1.82, 2.24) is 0 Å². The summed E-state index contributed by atoms with van der Waals surface area (Å²) < 4.78 is 45.0. The van der Waals surface area contributed by atoms with Crippen LogP contribution in [0, 0.1) is 13.8 Å². The van der Waals surface area contributed by atoms with Gasteiger partial charge in [0.1, 0.15) is 0 Å². The van der Waals surface area contributed by atoms with Gasteiger partial charge in [-0.2, -0.15) is 0 Å². The van der Waals surface area contributed by atoms with Crippen LogP contribution in [0.5, 0.6) is 0 Å². The van der Waals surface area contributed by atoms with Gasteiger partial charge in [-0.25, -0.2) is 12.6 Å². The summed E-state index contributed by atoms with van der Waals surface area (Å²) in [4.78, 5) is 2.72. The molecule has 546 valence electrons. The monoisotopic (exact) mass is 1530 g/mol. The van der Waals surface area contributed by atoms with E-state index >= 15 is 8.42 Å². The molecule has 3 nitrogen and oxygen atoms in total. The first-order valence-corrected chi connectivity index (χ1v) is 43.5. The first kappa shape index (κ1) is 69.1. The van der Waals surface area contributed by atoms with E-state index in [1.54, 1.807) is 0 Å². The zero-order chi connectivity index (χ0) is 77.4. The summed E-state index contributed by atoms with van der Waals surface area (Å²) in [7, 11) is -5.98. The van der Waals surface area contributed by atoms with E-state index in [2.05, 4.69) is 311 Å². The Morgan fingerprint density at radius 2 is 0.457 bits per heavy atom. The minimum Gasteiger partial charge on any atom is -0.249 e. The highest BCUT2D eigenvalue weighted by molar-refractivity contribution is 7.92. The summed E-state index contributed by atoms with van der Waals surface area (Å²) >= 11 is 0. The van der Waals surface area contributed by atoms with Crippen molar-refractivity contribution in [3.63, 3.8) is 0 Å². The summed E-state index contributed by atoms with van der Waals surface area (Å²) in [6.07, 6.45) is 0. The maximum absolute atomic E-state index is 15.2. The second kappa shape index (κ2) is 27.6. The van der Waals surface area contributed by atoms with E-state index < -0.39 is 28.2 Å². The van der Waals surface area contributed by atoms with Gasteiger partial charge in [0, 0.05) is 53.7 Å². The first-order chi connectivity index (χ1) is 57.2. The quantitative estimate of drug-likeness (QED) is 0.135. The molecule has 0 N–H and O–H groups in total. The lowest BCUT2D eigenvalue weighted by Crippen LogP contribution is -2.03. The molecule has 0 spiro atoms. The number of aryl methyl sites for hydroxylation is 2. The Morgan fingerprint density at radius 3 is 0.793 bits per heavy atom. The van der Waals surface area contributed by atoms with E-state index in [4.69, 9.17) is 0 Å². The number of hydrogen-bond acceptors (Lipinski definition) is 3. The lowest BCUT2D eigenvalue weighted by molar-refractivity contribution is 0.599. The predicted octanol–water partition coefficient (Wildman–Crippen LogP) is 30.6. The largest absolute Gasteiger partial charge is 0.249 e. The number of fused-ring (bicyclic) bond motifs is 9. The van der Waals surface area contributed by atoms with E-state index in [1.165, 1.54) is 103 Å². The second-order valence-electron chi connectivity index (χ2n) is 30.5. The van der Waals surface area contributed by atoms with Gasteiger partial charge in [-0.3, -0.25) is 0 Å². The molecule has 0 amide bonds. The Hall–Kier alpha value is -13.6. The van der Waals surface area contributed by atoms with E-state index in [0.717, 1.165) is 120 Å². The van der Waals surface area contributed by atoms with Crippen LogP contribution in [0.25, 0.3) is 202 Å². The smallest absolute Gasteiger partial charge is 0.209 e. The maximum Gasteiger partial charge on any atom is 0.209 e. The van der Waals surface area contributed by atoms with E-state index in [-0.39, 0.29) is 0 Å². The molecule has 22 aromatic rings. The molecule has 3 heterocycles. The Balaban J connectivity index is 0.000000107. The summed E-state index contributed by atoms with van der Waals surface area (Å²) in [6.45, 7) is 4.26. The van der Waals surface area contributed by atoms with Crippen molar-refractivity contribution >= 4 is 135 Å². The highest BCUT2D eigenvalue weighted by Crippen LogP contribution is 2.64. The van der Waals surface area contributed by atoms with Crippen LogP contribution in [-0.2, 0) is 20.6 Å². The number of hydrogen-bond donors (Lipinski definition) is 0. The van der Waals surface area contributed by atoms with Crippen LogP contribution in [0.4, 0.5) is 0 Å². The average molecular weight is 1540 g/mol. The normalized spacial score (nSPS) is 12.7. The molecule has 0 radical (unpaired) electrons. The third kappa shape index (κ3) is 10.6. The first-order valence-electron chi connectivity index (χ1n) is 39.5. The fraction of sp³-hybridized carbons (Fsp3) is 0.0182. The zero-order valence-corrected chi connectivity index (χ0v) is 66.0. The minimum absolute atomic E-state index is 0.402. The molecule has 0 saturated heterocycles. The van der Waals surface area contributed by atoms with Crippen molar-refractivity contribution < 1.29 is 12.6 Å². The third-order valence-corrected chi connectivity index (χ3v) is 30.4. The van der Waals surface area contributed by atoms with Crippen LogP contribution in [0.1, 0.15) is 11.1 Å². The topological polar surface area (TPSA) is 51.2 Å². The van der Waals surface area contributed by atoms with Gasteiger partial charge in [0.2, 0.25) is 9.84 Å². The van der Waals surface area contributed by atoms with Crippen LogP contribution < -0.4 is 0 Å². The molecule has 1 aromatic heterocycles. The lowest BCUT2D eigenvalue weighted by atomic mass is 9.88. The Labute approximate surface area is 676 Å². The van der Waals surface area contributed by atoms with Gasteiger partial charge >= 0.3 is 0 Å². The van der Waals surface area contributed by atoms with E-state index in [9.17, 15) is 4.21 Å². The summed E-state index contributed by atoms with van der Waals surface area (Å²) in [5.41, 5.74) is 19.5. The van der Waals surface area contributed by atoms with Crippen molar-refractivity contribution in [1.29, 1.82) is 0 Å². The van der Waals surface area contributed by atoms with Crippen molar-refractivity contribution in [2.24, 2.45) is 0 Å². The standard InChI is InChI=1S/C42H26O2S.C36H23P.C32H22OS/c43-45(44)41-37(31-19-9-7-17-29(31)27-13-3-1-4-14-27)25-23-35-33-21-11-12-22-34(33)36-24-26-38(42(45)40(36)39(35)41)32-20-10-8-18-30(32)28-15-5-2-6-16-28;1-4-12-24(13-5-1)27-20-22-31-29-18-10-11-19-30(29)32-23-21-28(25-14-6-2-7-15-25)36-34(32)33(31)35(27)37(36)26-16-8-3-9-17-26;1-19-9-3-5-11-21(19)27-17-15-25-23-13-7-8-14-24(23)26-16-18-28(22-12-6-4-10-20(22)2)32-30(26)29(25)31(27)34(32)33/h1-26H;1-23H;3-18H,1-2H3. The van der Waals surface area contributed by atoms with Gasteiger partial charge in [-0.1, -0.05) is 402 Å². The molecule has 0 saturated carbocycles. The molecule has 2 aliphatic heterocycles. The molecule has 0 atom stereocenters. The van der Waals surface area contributed by atoms with Crippen molar-refractivity contribution in [2.45, 2.75) is 33.4 Å². The van der Waals surface area contributed by atoms with Crippen LogP contribution in [-0.4, -0.2) is 12.6 Å². The SMILES string of the molecule is Cc1ccccc1-c1ccc2c3ccccc3c3ccc(-c4ccccc4C)c4c3c2c1S4=O.O=S1(=O)c2c(-c3ccccc3-c3ccccc3)ccc3c4ccccc4c4ccc(-c5ccccc5-c5ccccc5)c1c4c23.c1ccc(-c2ccc3c4ccccc4c4ccc(-c5ccccc5)c5c4c3c2p5-c2ccccc2)cc1. The number of benzene rings is 21. The van der Waals surface area contributed by atoms with Crippen molar-refractivity contribution in [3.8, 4) is 94.3 Å². The molecule has 0 bridgehead atoms. The molecule has 6 heteroatoms. The molecule has 0 unspecified atom stereocenters. The van der Waals surface area contributed by atoms with Crippen molar-refractivity contribution in [2.75, 3.05) is 0 Å². The molecular weight excluding hydrogens is 1460 g/mol. The molecule has 24 rings (SSSR count). The third-order valence-electron chi connectivity index (χ3n) is 24.3. The number of rotatable bonds is 9. The highest BCUT2D eigenvalue weighted by atomic mass is 32.2. The van der Waals surface area contributed by atoms with Crippen molar-refractivity contribution in [3.05, 3.63) is 405 Å². The second-order valence-corrected chi connectivity index (χ2v) is 35.8. The van der Waals surface area contributed by atoms with Crippen LogP contribution in [0.3, 0.4) is 0 Å². The zero-order valence-electron chi connectivity index (χ0n) is 63.5. The maximum atomic E-state index is 15.2. The molecular formula is C110H71O3PS2. The fourth-order valence-corrected chi connectivity index (χ4v) is 26.1. The average Bonchev–Trinajstić information content (AvgIpc) is 1.53. The number of sulfone groups is 1. The molecule has 0 fully saturated rings. The van der Waals surface area contributed by atoms with Gasteiger partial charge < -0.3 is 0 Å². The predicted molar refractivity (Wildman–Crippen MR) is 493 cm³/mol. The molecule has 116 heavy (non-hydrogen) atoms. The van der Waals surface area contributed by atoms with Crippen LogP contribution in [0.15, 0.2) is 414 Å². The van der Waals surface area contributed by atoms with Gasteiger partial charge in [-0.05, 0) is 173 Å². The van der Waals surface area contributed by atoms with Gasteiger partial charge in [-0.15, -0.1) is 0 Å². The Kier molecular flexibility index (Phi) is 16.4. The van der Waals surface area contributed by atoms with Gasteiger partial charge in [0.05, 0.1) is 30.4 Å². The van der Waals surface area contributed by atoms with Gasteiger partial charge in [0.15, 0.2) is 0 Å². The van der Waals surface area contributed by atoms with E-state index in [0.29, 0.717) is 9.79 Å². The molecule has 21 aromatic carbocycles. The molecule has 2 aliphatic rings. The van der Waals surface area contributed by atoms with Gasteiger partial charge in [0.25, 0.3) is 0 Å². The summed E-state index contributed by atoms with van der Waals surface area (Å²) in [6, 6.07) is 139. The lowest BCUT2D eigenvalue weighted by Gasteiger charge is -2.15. The van der Waals surface area contributed by atoms with Crippen LogP contribution in [0.2, 0.25) is 0 Å². The minimum atomic E-state index is -3.94. The molecule has 0 aliphatic carbocycles. The Morgan fingerprint density at radius 1 is 0.207 bits per heavy atom. The highest BCUT2D eigenvalue weighted by Gasteiger charge is 2.39. The summed E-state index contributed by atoms with van der Waals surface area (Å²) in [5.74, 6) is 0. The summed E-state index contributed by atoms with van der Waals surface area (Å²) in [5, 5.41) is 25.5. The van der Waals surface area contributed by atoms with E-state index in [1.807, 2.05) is 97.1 Å². The Bertz CT molecular complexity index is 7530.